The molecule has 0 aromatic heterocycles. The lowest BCUT2D eigenvalue weighted by Crippen LogP contribution is -2.40. The monoisotopic (exact) mass is 397 g/mol. The predicted octanol–water partition coefficient (Wildman–Crippen LogP) is 3.18. The molecule has 1 aromatic carbocycles. The summed E-state index contributed by atoms with van der Waals surface area (Å²) in [6.07, 6.45) is 9.45. The van der Waals surface area contributed by atoms with Gasteiger partial charge in [-0.1, -0.05) is 40.2 Å². The molecule has 128 valence electrons. The molecule has 0 spiro atoms. The van der Waals surface area contributed by atoms with Crippen LogP contribution in [0.1, 0.15) is 18.0 Å². The Morgan fingerprint density at radius 2 is 1.88 bits per heavy atom. The second-order valence-corrected chi connectivity index (χ2v) is 7.33. The second-order valence-electron chi connectivity index (χ2n) is 6.41. The lowest BCUT2D eigenvalue weighted by molar-refractivity contribution is -0.115. The molecule has 0 bridgehead atoms. The minimum atomic E-state index is -0.149. The number of rotatable bonds is 1. The molecule has 3 aliphatic rings. The molecule has 1 aromatic rings. The Morgan fingerprint density at radius 3 is 2.68 bits per heavy atom. The number of hydrogen-bond donors (Lipinski definition) is 2. The Balaban J connectivity index is 1.90. The molecule has 0 radical (unpaired) electrons. The molecule has 1 atom stereocenters. The largest absolute Gasteiger partial charge is 0.372 e. The van der Waals surface area contributed by atoms with Gasteiger partial charge >= 0.3 is 0 Å². The van der Waals surface area contributed by atoms with Crippen molar-refractivity contribution in [1.82, 2.24) is 15.5 Å². The van der Waals surface area contributed by atoms with E-state index < -0.39 is 0 Å². The zero-order chi connectivity index (χ0) is 17.4. The number of likely N-dealkylation sites (N-methyl/N-ethyl adjacent to an activating group) is 1. The summed E-state index contributed by atoms with van der Waals surface area (Å²) < 4.78 is 1.03. The molecule has 2 N–H and O–H groups in total. The van der Waals surface area contributed by atoms with E-state index in [2.05, 4.69) is 67.9 Å². The van der Waals surface area contributed by atoms with Gasteiger partial charge in [0.25, 0.3) is 0 Å². The normalized spacial score (nSPS) is 23.0. The van der Waals surface area contributed by atoms with Crippen LogP contribution in [0.5, 0.6) is 0 Å². The van der Waals surface area contributed by atoms with Crippen molar-refractivity contribution in [3.63, 3.8) is 0 Å². The van der Waals surface area contributed by atoms with Crippen LogP contribution >= 0.6 is 15.9 Å². The second kappa shape index (κ2) is 6.65. The van der Waals surface area contributed by atoms with Crippen LogP contribution in [0, 0.1) is 0 Å². The quantitative estimate of drug-likeness (QED) is 0.763. The maximum atomic E-state index is 12.8. The highest BCUT2D eigenvalue weighted by atomic mass is 79.9. The van der Waals surface area contributed by atoms with E-state index in [1.54, 1.807) is 0 Å². The fourth-order valence-corrected chi connectivity index (χ4v) is 3.85. The number of carbonyl (C=O) groups excluding carboxylic acids is 1. The third-order valence-corrected chi connectivity index (χ3v) is 5.38. The van der Waals surface area contributed by atoms with Gasteiger partial charge in [-0.05, 0) is 36.3 Å². The SMILES string of the molecule is CN1C2=C(C=CCC=C2)NC(c2ccc(Br)cc2)C2=C1CNCC2=O. The van der Waals surface area contributed by atoms with Crippen molar-refractivity contribution in [1.29, 1.82) is 0 Å². The van der Waals surface area contributed by atoms with Gasteiger partial charge < -0.3 is 15.5 Å². The number of benzene rings is 1. The third kappa shape index (κ3) is 2.98. The Bertz CT molecular complexity index is 833. The van der Waals surface area contributed by atoms with Gasteiger partial charge in [0, 0.05) is 29.3 Å². The summed E-state index contributed by atoms with van der Waals surface area (Å²) in [4.78, 5) is 14.9. The van der Waals surface area contributed by atoms with Crippen LogP contribution in [0.25, 0.3) is 0 Å². The van der Waals surface area contributed by atoms with Crippen molar-refractivity contribution in [3.8, 4) is 0 Å². The zero-order valence-electron chi connectivity index (χ0n) is 14.1. The van der Waals surface area contributed by atoms with Crippen molar-refractivity contribution in [2.24, 2.45) is 0 Å². The van der Waals surface area contributed by atoms with Crippen LogP contribution < -0.4 is 10.6 Å². The maximum absolute atomic E-state index is 12.8. The summed E-state index contributed by atoms with van der Waals surface area (Å²) in [6, 6.07) is 8.04. The van der Waals surface area contributed by atoms with Crippen LogP contribution in [-0.4, -0.2) is 30.8 Å². The van der Waals surface area contributed by atoms with Gasteiger partial charge in [0.1, 0.15) is 0 Å². The molecule has 4 rings (SSSR count). The highest BCUT2D eigenvalue weighted by molar-refractivity contribution is 9.10. The number of nitrogens with zero attached hydrogens (tertiary/aromatic N) is 1. The summed E-state index contributed by atoms with van der Waals surface area (Å²) in [5, 5.41) is 6.87. The van der Waals surface area contributed by atoms with E-state index in [1.807, 2.05) is 19.2 Å². The van der Waals surface area contributed by atoms with Gasteiger partial charge in [-0.15, -0.1) is 0 Å². The fraction of sp³-hybridized carbons (Fsp3) is 0.250. The van der Waals surface area contributed by atoms with Crippen LogP contribution in [0.3, 0.4) is 0 Å². The topological polar surface area (TPSA) is 44.4 Å². The molecular formula is C20H20BrN3O. The Morgan fingerprint density at radius 1 is 1.12 bits per heavy atom. The highest BCUT2D eigenvalue weighted by Gasteiger charge is 2.34. The van der Waals surface area contributed by atoms with Crippen LogP contribution in [0.2, 0.25) is 0 Å². The molecule has 5 heteroatoms. The molecule has 0 saturated heterocycles. The smallest absolute Gasteiger partial charge is 0.176 e. The molecule has 25 heavy (non-hydrogen) atoms. The summed E-state index contributed by atoms with van der Waals surface area (Å²) in [5.41, 5.74) is 5.14. The first kappa shape index (κ1) is 16.4. The van der Waals surface area contributed by atoms with E-state index in [1.165, 1.54) is 0 Å². The van der Waals surface area contributed by atoms with Gasteiger partial charge in [-0.2, -0.15) is 0 Å². The number of ketones is 1. The number of allylic oxidation sites excluding steroid dienone is 4. The summed E-state index contributed by atoms with van der Waals surface area (Å²) in [7, 11) is 2.04. The fourth-order valence-electron chi connectivity index (χ4n) is 3.58. The summed E-state index contributed by atoms with van der Waals surface area (Å²) >= 11 is 3.49. The van der Waals surface area contributed by atoms with Crippen LogP contribution in [0.15, 0.2) is 75.7 Å². The summed E-state index contributed by atoms with van der Waals surface area (Å²) in [6.45, 7) is 1.08. The van der Waals surface area contributed by atoms with Gasteiger partial charge in [-0.25, -0.2) is 0 Å². The molecule has 2 heterocycles. The first-order chi connectivity index (χ1) is 12.1. The van der Waals surface area contributed by atoms with Crippen LogP contribution in [-0.2, 0) is 4.79 Å². The van der Waals surface area contributed by atoms with E-state index in [-0.39, 0.29) is 11.8 Å². The van der Waals surface area contributed by atoms with E-state index in [0.29, 0.717) is 13.1 Å². The van der Waals surface area contributed by atoms with Gasteiger partial charge in [0.2, 0.25) is 0 Å². The molecule has 0 saturated carbocycles. The Kier molecular flexibility index (Phi) is 4.36. The molecule has 2 aliphatic heterocycles. The number of carbonyl (C=O) groups is 1. The predicted molar refractivity (Wildman–Crippen MR) is 103 cm³/mol. The lowest BCUT2D eigenvalue weighted by atomic mass is 9.91. The van der Waals surface area contributed by atoms with E-state index >= 15 is 0 Å². The average Bonchev–Trinajstić information content (AvgIpc) is 2.90. The van der Waals surface area contributed by atoms with E-state index in [9.17, 15) is 4.79 Å². The first-order valence-corrected chi connectivity index (χ1v) is 9.24. The standard InChI is InChI=1S/C20H20BrN3O/c1-24-16-6-4-2-3-5-15(16)23-20(13-7-9-14(21)10-8-13)19-17(24)11-22-12-18(19)25/h3-10,20,22-23H,2,11-12H2,1H3. The molecule has 4 nitrogen and oxygen atoms in total. The van der Waals surface area contributed by atoms with E-state index in [4.69, 9.17) is 0 Å². The van der Waals surface area contributed by atoms with E-state index in [0.717, 1.165) is 39.1 Å². The van der Waals surface area contributed by atoms with Crippen molar-refractivity contribution < 1.29 is 4.79 Å². The minimum absolute atomic E-state index is 0.149. The molecule has 0 fully saturated rings. The highest BCUT2D eigenvalue weighted by Crippen LogP contribution is 2.35. The number of halogens is 1. The average molecular weight is 398 g/mol. The van der Waals surface area contributed by atoms with Crippen LogP contribution in [0.4, 0.5) is 0 Å². The third-order valence-electron chi connectivity index (χ3n) is 4.86. The van der Waals surface area contributed by atoms with Crippen molar-refractivity contribution in [3.05, 3.63) is 81.3 Å². The zero-order valence-corrected chi connectivity index (χ0v) is 15.6. The van der Waals surface area contributed by atoms with Gasteiger partial charge in [-0.3, -0.25) is 4.79 Å². The maximum Gasteiger partial charge on any atom is 0.176 e. The number of nitrogens with one attached hydrogen (secondary N) is 2. The number of hydrogen-bond acceptors (Lipinski definition) is 4. The molecule has 0 amide bonds. The number of Topliss-reactive ketones (excluding diaryl/α,β-unsaturated/α-hetero) is 1. The first-order valence-electron chi connectivity index (χ1n) is 8.45. The minimum Gasteiger partial charge on any atom is -0.372 e. The summed E-state index contributed by atoms with van der Waals surface area (Å²) in [5.74, 6) is 0.152. The Labute approximate surface area is 156 Å². The Hall–Kier alpha value is -2.11. The van der Waals surface area contributed by atoms with Gasteiger partial charge in [0.15, 0.2) is 5.78 Å². The molecular weight excluding hydrogens is 378 g/mol. The van der Waals surface area contributed by atoms with Gasteiger partial charge in [0.05, 0.1) is 24.0 Å². The van der Waals surface area contributed by atoms with Crippen molar-refractivity contribution in [2.45, 2.75) is 12.5 Å². The molecule has 1 aliphatic carbocycles. The van der Waals surface area contributed by atoms with Crippen molar-refractivity contribution in [2.75, 3.05) is 20.1 Å². The molecule has 1 unspecified atom stereocenters. The van der Waals surface area contributed by atoms with Crippen molar-refractivity contribution >= 4 is 21.7 Å². The lowest BCUT2D eigenvalue weighted by Gasteiger charge is -2.30.